The minimum absolute atomic E-state index is 0.172. The van der Waals surface area contributed by atoms with E-state index in [1.54, 1.807) is 0 Å². The third-order valence-corrected chi connectivity index (χ3v) is 3.03. The van der Waals surface area contributed by atoms with Crippen LogP contribution < -0.4 is 0 Å². The van der Waals surface area contributed by atoms with Crippen molar-refractivity contribution < 1.29 is 9.47 Å². The zero-order chi connectivity index (χ0) is 10.7. The van der Waals surface area contributed by atoms with Crippen molar-refractivity contribution in [2.75, 3.05) is 6.61 Å². The Morgan fingerprint density at radius 3 is 2.73 bits per heavy atom. The topological polar surface area (TPSA) is 18.5 Å². The summed E-state index contributed by atoms with van der Waals surface area (Å²) in [5, 5.41) is 0. The number of benzene rings is 1. The van der Waals surface area contributed by atoms with Gasteiger partial charge < -0.3 is 9.47 Å². The lowest BCUT2D eigenvalue weighted by atomic mass is 10.2. The first-order valence-electron chi connectivity index (χ1n) is 5.32. The Balaban J connectivity index is 1.98. The normalized spacial score (nSPS) is 25.7. The van der Waals surface area contributed by atoms with Crippen molar-refractivity contribution in [1.29, 1.82) is 0 Å². The van der Waals surface area contributed by atoms with Crippen LogP contribution in [0.2, 0.25) is 0 Å². The van der Waals surface area contributed by atoms with Gasteiger partial charge in [0.25, 0.3) is 0 Å². The zero-order valence-corrected chi connectivity index (χ0v) is 10.4. The molecule has 0 saturated carbocycles. The van der Waals surface area contributed by atoms with Gasteiger partial charge >= 0.3 is 0 Å². The molecule has 1 saturated heterocycles. The average Bonchev–Trinajstić information content (AvgIpc) is 2.68. The van der Waals surface area contributed by atoms with E-state index in [0.717, 1.165) is 22.9 Å². The number of hydrogen-bond acceptors (Lipinski definition) is 2. The second kappa shape index (κ2) is 5.10. The van der Waals surface area contributed by atoms with Crippen LogP contribution in [0.1, 0.15) is 31.6 Å². The largest absolute Gasteiger partial charge is 0.346 e. The molecule has 2 rings (SSSR count). The maximum atomic E-state index is 5.79. The fraction of sp³-hybridized carbons (Fsp3) is 0.500. The molecule has 0 aliphatic carbocycles. The molecule has 2 unspecified atom stereocenters. The van der Waals surface area contributed by atoms with E-state index in [-0.39, 0.29) is 12.4 Å². The lowest BCUT2D eigenvalue weighted by Crippen LogP contribution is -2.08. The van der Waals surface area contributed by atoms with Crippen molar-refractivity contribution in [2.45, 2.75) is 32.2 Å². The molecule has 0 spiro atoms. The summed E-state index contributed by atoms with van der Waals surface area (Å²) in [5.41, 5.74) is 1.09. The molecule has 1 fully saturated rings. The SMILES string of the molecule is CCCC1COC(c2ccc(Br)cc2)O1. The summed E-state index contributed by atoms with van der Waals surface area (Å²) >= 11 is 3.41. The van der Waals surface area contributed by atoms with Gasteiger partial charge in [0.1, 0.15) is 0 Å². The van der Waals surface area contributed by atoms with E-state index in [1.807, 2.05) is 24.3 Å². The van der Waals surface area contributed by atoms with Gasteiger partial charge in [-0.05, 0) is 18.6 Å². The quantitative estimate of drug-likeness (QED) is 0.835. The van der Waals surface area contributed by atoms with Crippen LogP contribution in [0.15, 0.2) is 28.7 Å². The van der Waals surface area contributed by atoms with Crippen LogP contribution in [-0.4, -0.2) is 12.7 Å². The van der Waals surface area contributed by atoms with Crippen molar-refractivity contribution in [3.8, 4) is 0 Å². The molecule has 2 nitrogen and oxygen atoms in total. The van der Waals surface area contributed by atoms with Crippen LogP contribution in [0.3, 0.4) is 0 Å². The summed E-state index contributed by atoms with van der Waals surface area (Å²) in [7, 11) is 0. The highest BCUT2D eigenvalue weighted by Crippen LogP contribution is 2.29. The third kappa shape index (κ3) is 2.80. The molecule has 0 amide bonds. The van der Waals surface area contributed by atoms with Gasteiger partial charge in [-0.2, -0.15) is 0 Å². The fourth-order valence-electron chi connectivity index (χ4n) is 1.72. The summed E-state index contributed by atoms with van der Waals surface area (Å²) < 4.78 is 12.5. The molecule has 1 aliphatic heterocycles. The van der Waals surface area contributed by atoms with Crippen LogP contribution >= 0.6 is 15.9 Å². The molecular weight excluding hydrogens is 256 g/mol. The lowest BCUT2D eigenvalue weighted by Gasteiger charge is -2.11. The first kappa shape index (κ1) is 11.1. The fourth-order valence-corrected chi connectivity index (χ4v) is 1.98. The monoisotopic (exact) mass is 270 g/mol. The molecule has 0 N–H and O–H groups in total. The van der Waals surface area contributed by atoms with Crippen LogP contribution in [0, 0.1) is 0 Å². The Kier molecular flexibility index (Phi) is 3.78. The summed E-state index contributed by atoms with van der Waals surface area (Å²) in [5.74, 6) is 0. The minimum Gasteiger partial charge on any atom is -0.346 e. The van der Waals surface area contributed by atoms with E-state index in [9.17, 15) is 0 Å². The summed E-state index contributed by atoms with van der Waals surface area (Å²) in [6.07, 6.45) is 2.31. The lowest BCUT2D eigenvalue weighted by molar-refractivity contribution is -0.0611. The molecule has 1 aromatic carbocycles. The summed E-state index contributed by atoms with van der Waals surface area (Å²) in [6.45, 7) is 2.88. The van der Waals surface area contributed by atoms with Crippen LogP contribution in [-0.2, 0) is 9.47 Å². The highest BCUT2D eigenvalue weighted by molar-refractivity contribution is 9.10. The highest BCUT2D eigenvalue weighted by atomic mass is 79.9. The molecule has 0 aromatic heterocycles. The van der Waals surface area contributed by atoms with Crippen LogP contribution in [0.25, 0.3) is 0 Å². The van der Waals surface area contributed by atoms with Crippen molar-refractivity contribution in [1.82, 2.24) is 0 Å². The van der Waals surface area contributed by atoms with E-state index in [2.05, 4.69) is 22.9 Å². The first-order valence-corrected chi connectivity index (χ1v) is 6.11. The summed E-state index contributed by atoms with van der Waals surface area (Å²) in [6, 6.07) is 8.08. The Hall–Kier alpha value is -0.380. The standard InChI is InChI=1S/C12H15BrO2/c1-2-3-11-8-14-12(15-11)9-4-6-10(13)7-5-9/h4-7,11-12H,2-3,8H2,1H3. The average molecular weight is 271 g/mol. The van der Waals surface area contributed by atoms with Gasteiger partial charge in [-0.3, -0.25) is 0 Å². The van der Waals surface area contributed by atoms with Crippen LogP contribution in [0.4, 0.5) is 0 Å². The molecule has 1 aliphatic rings. The predicted molar refractivity (Wildman–Crippen MR) is 62.6 cm³/mol. The predicted octanol–water partition coefficient (Wildman–Crippen LogP) is 3.66. The van der Waals surface area contributed by atoms with Gasteiger partial charge in [0.2, 0.25) is 0 Å². The van der Waals surface area contributed by atoms with E-state index in [0.29, 0.717) is 6.61 Å². The number of hydrogen-bond donors (Lipinski definition) is 0. The third-order valence-electron chi connectivity index (χ3n) is 2.50. The maximum absolute atomic E-state index is 5.79. The van der Waals surface area contributed by atoms with Crippen molar-refractivity contribution in [3.05, 3.63) is 34.3 Å². The molecule has 0 radical (unpaired) electrons. The number of rotatable bonds is 3. The van der Waals surface area contributed by atoms with Gasteiger partial charge in [-0.1, -0.05) is 41.4 Å². The van der Waals surface area contributed by atoms with Gasteiger partial charge in [-0.15, -0.1) is 0 Å². The molecule has 3 heteroatoms. The molecule has 1 heterocycles. The molecular formula is C12H15BrO2. The van der Waals surface area contributed by atoms with Crippen molar-refractivity contribution >= 4 is 15.9 Å². The van der Waals surface area contributed by atoms with Crippen LogP contribution in [0.5, 0.6) is 0 Å². The Morgan fingerprint density at radius 1 is 1.33 bits per heavy atom. The molecule has 0 bridgehead atoms. The van der Waals surface area contributed by atoms with E-state index in [4.69, 9.17) is 9.47 Å². The van der Waals surface area contributed by atoms with Gasteiger partial charge in [-0.25, -0.2) is 0 Å². The molecule has 82 valence electrons. The molecule has 15 heavy (non-hydrogen) atoms. The second-order valence-corrected chi connectivity index (χ2v) is 4.68. The van der Waals surface area contributed by atoms with Gasteiger partial charge in [0.15, 0.2) is 6.29 Å². The van der Waals surface area contributed by atoms with Crippen molar-refractivity contribution in [2.24, 2.45) is 0 Å². The Bertz CT molecular complexity index is 310. The van der Waals surface area contributed by atoms with E-state index >= 15 is 0 Å². The first-order chi connectivity index (χ1) is 7.29. The highest BCUT2D eigenvalue weighted by Gasteiger charge is 2.26. The number of ether oxygens (including phenoxy) is 2. The second-order valence-electron chi connectivity index (χ2n) is 3.76. The Labute approximate surface area is 98.7 Å². The zero-order valence-electron chi connectivity index (χ0n) is 8.78. The van der Waals surface area contributed by atoms with E-state index in [1.165, 1.54) is 0 Å². The van der Waals surface area contributed by atoms with E-state index < -0.39 is 0 Å². The summed E-state index contributed by atoms with van der Waals surface area (Å²) in [4.78, 5) is 0. The van der Waals surface area contributed by atoms with Gasteiger partial charge in [0.05, 0.1) is 12.7 Å². The molecule has 1 aromatic rings. The number of halogens is 1. The molecule has 2 atom stereocenters. The smallest absolute Gasteiger partial charge is 0.184 e. The van der Waals surface area contributed by atoms with Gasteiger partial charge in [0, 0.05) is 10.0 Å². The minimum atomic E-state index is -0.172. The Morgan fingerprint density at radius 2 is 2.07 bits per heavy atom. The maximum Gasteiger partial charge on any atom is 0.184 e. The van der Waals surface area contributed by atoms with Crippen molar-refractivity contribution in [3.63, 3.8) is 0 Å².